The number of carbonyl (C=O) groups is 1. The van der Waals surface area contributed by atoms with Crippen LogP contribution in [0.4, 0.5) is 13.2 Å². The first kappa shape index (κ1) is 21.5. The SMILES string of the molecule is CN=C(NCCCN1CCC(C)CC1)NCC(=O)N(C)CC(F)(F)F. The van der Waals surface area contributed by atoms with Gasteiger partial charge < -0.3 is 20.4 Å². The summed E-state index contributed by atoms with van der Waals surface area (Å²) in [5, 5.41) is 5.83. The fourth-order valence-corrected chi connectivity index (χ4v) is 2.67. The first-order valence-electron chi connectivity index (χ1n) is 8.69. The zero-order valence-electron chi connectivity index (χ0n) is 15.3. The van der Waals surface area contributed by atoms with Crippen LogP contribution < -0.4 is 10.6 Å². The molecule has 2 N–H and O–H groups in total. The van der Waals surface area contributed by atoms with Crippen LogP contribution in [-0.2, 0) is 4.79 Å². The summed E-state index contributed by atoms with van der Waals surface area (Å²) in [6.07, 6.45) is -0.970. The van der Waals surface area contributed by atoms with Gasteiger partial charge in [-0.2, -0.15) is 13.2 Å². The summed E-state index contributed by atoms with van der Waals surface area (Å²) in [6.45, 7) is 4.76. The van der Waals surface area contributed by atoms with E-state index in [4.69, 9.17) is 0 Å². The van der Waals surface area contributed by atoms with Crippen molar-refractivity contribution in [1.29, 1.82) is 0 Å². The van der Waals surface area contributed by atoms with E-state index >= 15 is 0 Å². The molecule has 0 aliphatic carbocycles. The van der Waals surface area contributed by atoms with Gasteiger partial charge in [0.05, 0.1) is 6.54 Å². The monoisotopic (exact) mass is 365 g/mol. The van der Waals surface area contributed by atoms with E-state index in [-0.39, 0.29) is 6.54 Å². The Morgan fingerprint density at radius 2 is 1.92 bits per heavy atom. The van der Waals surface area contributed by atoms with Crippen LogP contribution in [0.3, 0.4) is 0 Å². The van der Waals surface area contributed by atoms with Gasteiger partial charge in [0.15, 0.2) is 5.96 Å². The molecule has 1 saturated heterocycles. The smallest absolute Gasteiger partial charge is 0.356 e. The lowest BCUT2D eigenvalue weighted by Crippen LogP contribution is -2.46. The Kier molecular flexibility index (Phi) is 9.02. The molecule has 0 bridgehead atoms. The second-order valence-electron chi connectivity index (χ2n) is 6.60. The maximum absolute atomic E-state index is 12.3. The van der Waals surface area contributed by atoms with Gasteiger partial charge in [-0.25, -0.2) is 0 Å². The number of aliphatic imine (C=N–C) groups is 1. The van der Waals surface area contributed by atoms with Crippen LogP contribution in [0.1, 0.15) is 26.2 Å². The molecule has 0 aromatic heterocycles. The molecule has 0 spiro atoms. The number of likely N-dealkylation sites (N-methyl/N-ethyl adjacent to an activating group) is 1. The van der Waals surface area contributed by atoms with Gasteiger partial charge in [-0.05, 0) is 44.8 Å². The highest BCUT2D eigenvalue weighted by Crippen LogP contribution is 2.16. The fourth-order valence-electron chi connectivity index (χ4n) is 2.67. The number of halogens is 3. The molecule has 146 valence electrons. The van der Waals surface area contributed by atoms with E-state index in [0.29, 0.717) is 17.4 Å². The van der Waals surface area contributed by atoms with Crippen molar-refractivity contribution in [1.82, 2.24) is 20.4 Å². The lowest BCUT2D eigenvalue weighted by Gasteiger charge is -2.30. The van der Waals surface area contributed by atoms with E-state index in [1.54, 1.807) is 7.05 Å². The number of carbonyl (C=O) groups excluding carboxylic acids is 1. The summed E-state index contributed by atoms with van der Waals surface area (Å²) in [6, 6.07) is 0. The summed E-state index contributed by atoms with van der Waals surface area (Å²) in [4.78, 5) is 18.7. The van der Waals surface area contributed by atoms with Crippen LogP contribution in [0, 0.1) is 5.92 Å². The lowest BCUT2D eigenvalue weighted by atomic mass is 9.99. The Bertz CT molecular complexity index is 434. The Morgan fingerprint density at radius 3 is 2.48 bits per heavy atom. The molecule has 0 atom stereocenters. The van der Waals surface area contributed by atoms with Crippen molar-refractivity contribution < 1.29 is 18.0 Å². The fraction of sp³-hybridized carbons (Fsp3) is 0.875. The predicted molar refractivity (Wildman–Crippen MR) is 92.5 cm³/mol. The number of likely N-dealkylation sites (tertiary alicyclic amines) is 1. The molecule has 1 rings (SSSR count). The number of piperidine rings is 1. The van der Waals surface area contributed by atoms with Crippen LogP contribution >= 0.6 is 0 Å². The van der Waals surface area contributed by atoms with Crippen LogP contribution in [0.25, 0.3) is 0 Å². The molecule has 25 heavy (non-hydrogen) atoms. The second-order valence-corrected chi connectivity index (χ2v) is 6.60. The first-order chi connectivity index (χ1) is 11.7. The second kappa shape index (κ2) is 10.5. The van der Waals surface area contributed by atoms with Crippen molar-refractivity contribution in [3.8, 4) is 0 Å². The number of nitrogens with one attached hydrogen (secondary N) is 2. The number of alkyl halides is 3. The number of hydrogen-bond acceptors (Lipinski definition) is 3. The minimum absolute atomic E-state index is 0.226. The average molecular weight is 365 g/mol. The van der Waals surface area contributed by atoms with Gasteiger partial charge in [-0.15, -0.1) is 0 Å². The van der Waals surface area contributed by atoms with Crippen molar-refractivity contribution in [3.63, 3.8) is 0 Å². The Morgan fingerprint density at radius 1 is 1.28 bits per heavy atom. The quantitative estimate of drug-likeness (QED) is 0.406. The van der Waals surface area contributed by atoms with E-state index in [1.807, 2.05) is 0 Å². The molecule has 0 aromatic carbocycles. The third-order valence-corrected chi connectivity index (χ3v) is 4.29. The van der Waals surface area contributed by atoms with E-state index in [9.17, 15) is 18.0 Å². The Balaban J connectivity index is 2.18. The Hall–Kier alpha value is -1.51. The standard InChI is InChI=1S/C16H30F3N5O/c1-13-5-9-24(10-6-13)8-4-7-21-15(20-2)22-11-14(25)23(3)12-16(17,18)19/h13H,4-12H2,1-3H3,(H2,20,21,22). The molecule has 0 saturated carbocycles. The zero-order valence-corrected chi connectivity index (χ0v) is 15.3. The van der Waals surface area contributed by atoms with Crippen molar-refractivity contribution in [2.24, 2.45) is 10.9 Å². The lowest BCUT2D eigenvalue weighted by molar-refractivity contribution is -0.157. The molecule has 1 amide bonds. The molecule has 6 nitrogen and oxygen atoms in total. The highest BCUT2D eigenvalue weighted by molar-refractivity contribution is 5.86. The molecule has 0 radical (unpaired) electrons. The Labute approximate surface area is 147 Å². The summed E-state index contributed by atoms with van der Waals surface area (Å²) in [5.41, 5.74) is 0. The van der Waals surface area contributed by atoms with E-state index < -0.39 is 18.6 Å². The van der Waals surface area contributed by atoms with E-state index in [0.717, 1.165) is 39.0 Å². The average Bonchev–Trinajstić information content (AvgIpc) is 2.54. The zero-order chi connectivity index (χ0) is 18.9. The molecule has 1 fully saturated rings. The van der Waals surface area contributed by atoms with Crippen LogP contribution in [-0.4, -0.2) is 81.2 Å². The predicted octanol–water partition coefficient (Wildman–Crippen LogP) is 1.29. The topological polar surface area (TPSA) is 60.0 Å². The molecule has 9 heteroatoms. The van der Waals surface area contributed by atoms with Gasteiger partial charge in [-0.3, -0.25) is 9.79 Å². The number of guanidine groups is 1. The summed E-state index contributed by atoms with van der Waals surface area (Å²) >= 11 is 0. The van der Waals surface area contributed by atoms with Gasteiger partial charge in [0.1, 0.15) is 6.54 Å². The van der Waals surface area contributed by atoms with Gasteiger partial charge >= 0.3 is 6.18 Å². The maximum Gasteiger partial charge on any atom is 0.406 e. The molecule has 0 aromatic rings. The molecule has 1 aliphatic rings. The van der Waals surface area contributed by atoms with Crippen molar-refractivity contribution >= 4 is 11.9 Å². The molecule has 1 aliphatic heterocycles. The number of amides is 1. The van der Waals surface area contributed by atoms with E-state index in [1.165, 1.54) is 12.8 Å². The number of rotatable bonds is 7. The van der Waals surface area contributed by atoms with Gasteiger partial charge in [-0.1, -0.05) is 6.92 Å². The number of nitrogens with zero attached hydrogens (tertiary/aromatic N) is 3. The largest absolute Gasteiger partial charge is 0.406 e. The van der Waals surface area contributed by atoms with Crippen LogP contribution in [0.2, 0.25) is 0 Å². The molecule has 0 unspecified atom stereocenters. The minimum Gasteiger partial charge on any atom is -0.356 e. The maximum atomic E-state index is 12.3. The van der Waals surface area contributed by atoms with Crippen molar-refractivity contribution in [3.05, 3.63) is 0 Å². The summed E-state index contributed by atoms with van der Waals surface area (Å²) < 4.78 is 36.8. The van der Waals surface area contributed by atoms with E-state index in [2.05, 4.69) is 27.4 Å². The van der Waals surface area contributed by atoms with Crippen LogP contribution in [0.15, 0.2) is 4.99 Å². The van der Waals surface area contributed by atoms with Gasteiger partial charge in [0.2, 0.25) is 5.91 Å². The van der Waals surface area contributed by atoms with Crippen molar-refractivity contribution in [2.75, 3.05) is 53.4 Å². The third-order valence-electron chi connectivity index (χ3n) is 4.29. The highest BCUT2D eigenvalue weighted by Gasteiger charge is 2.31. The normalized spacial score (nSPS) is 17.4. The van der Waals surface area contributed by atoms with Crippen molar-refractivity contribution in [2.45, 2.75) is 32.4 Å². The molecular weight excluding hydrogens is 335 g/mol. The molecule has 1 heterocycles. The minimum atomic E-state index is -4.39. The highest BCUT2D eigenvalue weighted by atomic mass is 19.4. The van der Waals surface area contributed by atoms with Gasteiger partial charge in [0.25, 0.3) is 0 Å². The third kappa shape index (κ3) is 9.52. The van der Waals surface area contributed by atoms with Crippen LogP contribution in [0.5, 0.6) is 0 Å². The summed E-state index contributed by atoms with van der Waals surface area (Å²) in [7, 11) is 2.69. The molecular formula is C16H30F3N5O. The number of hydrogen-bond donors (Lipinski definition) is 2. The first-order valence-corrected chi connectivity index (χ1v) is 8.69. The summed E-state index contributed by atoms with van der Waals surface area (Å²) in [5.74, 6) is 0.592. The van der Waals surface area contributed by atoms with Gasteiger partial charge in [0, 0.05) is 20.6 Å².